The maximum absolute atomic E-state index is 11.2. The first-order valence-electron chi connectivity index (χ1n) is 8.53. The number of allylic oxidation sites excluding steroid dienone is 3. The molecule has 0 spiro atoms. The summed E-state index contributed by atoms with van der Waals surface area (Å²) in [5.41, 5.74) is 2.34. The van der Waals surface area contributed by atoms with E-state index in [2.05, 4.69) is 43.1 Å². The molecule has 1 amide bonds. The fourth-order valence-corrected chi connectivity index (χ4v) is 2.88. The number of likely N-dealkylation sites (N-methyl/N-ethyl adjacent to an activating group) is 1. The average Bonchev–Trinajstić information content (AvgIpc) is 2.47. The molecule has 1 aliphatic rings. The highest BCUT2D eigenvalue weighted by atomic mass is 16.1. The first-order valence-corrected chi connectivity index (χ1v) is 8.53. The van der Waals surface area contributed by atoms with Crippen molar-refractivity contribution in [1.29, 1.82) is 0 Å². The number of carbonyl (C=O) groups excluding carboxylic acids is 1. The molecule has 0 saturated heterocycles. The second-order valence-electron chi connectivity index (χ2n) is 5.97. The van der Waals surface area contributed by atoms with Gasteiger partial charge in [0.05, 0.1) is 0 Å². The molecule has 1 aliphatic carbocycles. The molecule has 120 valence electrons. The largest absolute Gasteiger partial charge is 0.372 e. The first kappa shape index (κ1) is 17.8. The van der Waals surface area contributed by atoms with Gasteiger partial charge in [0.2, 0.25) is 5.91 Å². The van der Waals surface area contributed by atoms with Gasteiger partial charge in [0.25, 0.3) is 0 Å². The van der Waals surface area contributed by atoms with E-state index in [1.165, 1.54) is 31.4 Å². The van der Waals surface area contributed by atoms with E-state index in [-0.39, 0.29) is 5.91 Å². The summed E-state index contributed by atoms with van der Waals surface area (Å²) in [6, 6.07) is 0. The van der Waals surface area contributed by atoms with E-state index in [4.69, 9.17) is 0 Å². The molecule has 3 heteroatoms. The summed E-state index contributed by atoms with van der Waals surface area (Å²) in [6.45, 7) is 10.5. The third-order valence-corrected chi connectivity index (χ3v) is 4.19. The van der Waals surface area contributed by atoms with Crippen molar-refractivity contribution in [3.05, 3.63) is 23.5 Å². The van der Waals surface area contributed by atoms with Crippen LogP contribution in [0.15, 0.2) is 23.5 Å². The highest BCUT2D eigenvalue weighted by Gasteiger charge is 2.15. The van der Waals surface area contributed by atoms with Crippen LogP contribution in [0, 0.1) is 5.92 Å². The van der Waals surface area contributed by atoms with Crippen molar-refractivity contribution >= 4 is 5.91 Å². The topological polar surface area (TPSA) is 32.3 Å². The van der Waals surface area contributed by atoms with Gasteiger partial charge in [-0.25, -0.2) is 0 Å². The van der Waals surface area contributed by atoms with E-state index in [1.54, 1.807) is 6.92 Å². The first-order chi connectivity index (χ1) is 10.1. The van der Waals surface area contributed by atoms with Crippen LogP contribution in [0.25, 0.3) is 0 Å². The lowest BCUT2D eigenvalue weighted by Crippen LogP contribution is -2.30. The lowest BCUT2D eigenvalue weighted by molar-refractivity contribution is -0.118. The Labute approximate surface area is 130 Å². The average molecular weight is 292 g/mol. The van der Waals surface area contributed by atoms with Gasteiger partial charge in [-0.05, 0) is 38.2 Å². The standard InChI is InChI=1S/C18H32N2O/c1-5-8-10-16(6-2)14-20(7-3)18-12-9-11-17(13-18)19-15(4)21/h12-13,16H,5-11,14H2,1-4H3,(H,19,21). The van der Waals surface area contributed by atoms with Crippen LogP contribution >= 0.6 is 0 Å². The number of amides is 1. The second kappa shape index (κ2) is 9.64. The monoisotopic (exact) mass is 292 g/mol. The van der Waals surface area contributed by atoms with Gasteiger partial charge >= 0.3 is 0 Å². The predicted octanol–water partition coefficient (Wildman–Crippen LogP) is 4.22. The van der Waals surface area contributed by atoms with Gasteiger partial charge < -0.3 is 10.2 Å². The third kappa shape index (κ3) is 6.36. The summed E-state index contributed by atoms with van der Waals surface area (Å²) in [4.78, 5) is 13.7. The van der Waals surface area contributed by atoms with Crippen molar-refractivity contribution in [3.8, 4) is 0 Å². The molecule has 21 heavy (non-hydrogen) atoms. The predicted molar refractivity (Wildman–Crippen MR) is 89.8 cm³/mol. The zero-order valence-corrected chi connectivity index (χ0v) is 14.2. The van der Waals surface area contributed by atoms with Crippen molar-refractivity contribution in [1.82, 2.24) is 10.2 Å². The molecular weight excluding hydrogens is 260 g/mol. The summed E-state index contributed by atoms with van der Waals surface area (Å²) >= 11 is 0. The van der Waals surface area contributed by atoms with Crippen molar-refractivity contribution in [2.75, 3.05) is 13.1 Å². The molecule has 0 aromatic heterocycles. The summed E-state index contributed by atoms with van der Waals surface area (Å²) in [7, 11) is 0. The highest BCUT2D eigenvalue weighted by Crippen LogP contribution is 2.22. The van der Waals surface area contributed by atoms with Gasteiger partial charge in [-0.3, -0.25) is 4.79 Å². The second-order valence-corrected chi connectivity index (χ2v) is 5.97. The molecule has 0 aromatic rings. The van der Waals surface area contributed by atoms with E-state index >= 15 is 0 Å². The Morgan fingerprint density at radius 2 is 2.14 bits per heavy atom. The van der Waals surface area contributed by atoms with Crippen LogP contribution in [-0.2, 0) is 4.79 Å². The quantitative estimate of drug-likeness (QED) is 0.690. The molecule has 1 unspecified atom stereocenters. The molecule has 0 heterocycles. The van der Waals surface area contributed by atoms with Gasteiger partial charge in [0.15, 0.2) is 0 Å². The van der Waals surface area contributed by atoms with Crippen LogP contribution in [0.4, 0.5) is 0 Å². The molecule has 0 aromatic carbocycles. The SMILES string of the molecule is CCCCC(CC)CN(CC)C1=CCCC(NC(C)=O)=C1. The van der Waals surface area contributed by atoms with E-state index in [0.29, 0.717) is 0 Å². The van der Waals surface area contributed by atoms with Crippen molar-refractivity contribution in [2.24, 2.45) is 5.92 Å². The summed E-state index contributed by atoms with van der Waals surface area (Å²) in [5.74, 6) is 0.797. The van der Waals surface area contributed by atoms with Gasteiger partial charge in [-0.15, -0.1) is 0 Å². The number of nitrogens with one attached hydrogen (secondary N) is 1. The number of nitrogens with zero attached hydrogens (tertiary/aromatic N) is 1. The van der Waals surface area contributed by atoms with Crippen LogP contribution in [0.3, 0.4) is 0 Å². The van der Waals surface area contributed by atoms with Crippen LogP contribution in [0.2, 0.25) is 0 Å². The Kier molecular flexibility index (Phi) is 8.17. The lowest BCUT2D eigenvalue weighted by Gasteiger charge is -2.30. The summed E-state index contributed by atoms with van der Waals surface area (Å²) < 4.78 is 0. The minimum absolute atomic E-state index is 0.0277. The van der Waals surface area contributed by atoms with E-state index in [9.17, 15) is 4.79 Å². The Morgan fingerprint density at radius 1 is 1.38 bits per heavy atom. The Bertz CT molecular complexity index is 385. The minimum atomic E-state index is 0.0277. The fraction of sp³-hybridized carbons (Fsp3) is 0.722. The van der Waals surface area contributed by atoms with Crippen LogP contribution in [0.1, 0.15) is 66.2 Å². The van der Waals surface area contributed by atoms with Crippen molar-refractivity contribution < 1.29 is 4.79 Å². The smallest absolute Gasteiger partial charge is 0.220 e. The molecule has 0 aliphatic heterocycles. The normalized spacial score (nSPS) is 16.0. The molecule has 1 rings (SSSR count). The number of rotatable bonds is 9. The highest BCUT2D eigenvalue weighted by molar-refractivity contribution is 5.75. The Morgan fingerprint density at radius 3 is 2.71 bits per heavy atom. The molecule has 1 N–H and O–H groups in total. The van der Waals surface area contributed by atoms with Gasteiger partial charge in [0.1, 0.15) is 0 Å². The minimum Gasteiger partial charge on any atom is -0.372 e. The fourth-order valence-electron chi connectivity index (χ4n) is 2.88. The number of carbonyl (C=O) groups is 1. The van der Waals surface area contributed by atoms with E-state index in [0.717, 1.165) is 37.5 Å². The summed E-state index contributed by atoms with van der Waals surface area (Å²) in [6.07, 6.45) is 11.6. The number of unbranched alkanes of at least 4 members (excludes halogenated alkanes) is 1. The van der Waals surface area contributed by atoms with Gasteiger partial charge in [-0.1, -0.05) is 39.2 Å². The molecule has 0 fully saturated rings. The Balaban J connectivity index is 2.67. The molecule has 0 bridgehead atoms. The molecule has 1 atom stereocenters. The molecule has 3 nitrogen and oxygen atoms in total. The summed E-state index contributed by atoms with van der Waals surface area (Å²) in [5, 5.41) is 2.95. The lowest BCUT2D eigenvalue weighted by atomic mass is 9.98. The molecule has 0 radical (unpaired) electrons. The number of hydrogen-bond acceptors (Lipinski definition) is 2. The third-order valence-electron chi connectivity index (χ3n) is 4.19. The zero-order chi connectivity index (χ0) is 15.7. The van der Waals surface area contributed by atoms with Gasteiger partial charge in [-0.2, -0.15) is 0 Å². The van der Waals surface area contributed by atoms with Crippen LogP contribution < -0.4 is 5.32 Å². The maximum Gasteiger partial charge on any atom is 0.220 e. The number of hydrogen-bond donors (Lipinski definition) is 1. The Hall–Kier alpha value is -1.25. The maximum atomic E-state index is 11.2. The molecule has 0 saturated carbocycles. The van der Waals surface area contributed by atoms with Gasteiger partial charge in [0, 0.05) is 31.4 Å². The van der Waals surface area contributed by atoms with E-state index < -0.39 is 0 Å². The van der Waals surface area contributed by atoms with Crippen molar-refractivity contribution in [2.45, 2.75) is 66.2 Å². The van der Waals surface area contributed by atoms with Crippen molar-refractivity contribution in [3.63, 3.8) is 0 Å². The van der Waals surface area contributed by atoms with Crippen LogP contribution in [-0.4, -0.2) is 23.9 Å². The van der Waals surface area contributed by atoms with E-state index in [1.807, 2.05) is 0 Å². The van der Waals surface area contributed by atoms with Crippen LogP contribution in [0.5, 0.6) is 0 Å². The molecular formula is C18H32N2O. The zero-order valence-electron chi connectivity index (χ0n) is 14.2.